The Morgan fingerprint density at radius 3 is 1.46 bits per heavy atom. The van der Waals surface area contributed by atoms with Crippen molar-refractivity contribution in [3.05, 3.63) is 24.3 Å². The minimum Gasteiger partial charge on any atom is -0.462 e. The summed E-state index contributed by atoms with van der Waals surface area (Å²) in [6.45, 7) is 2.54. The molecule has 15 heteroatoms. The van der Waals surface area contributed by atoms with Crippen LogP contribution in [0.5, 0.6) is 0 Å². The molecule has 0 amide bonds. The van der Waals surface area contributed by atoms with Crippen LogP contribution in [0.2, 0.25) is 0 Å². The fourth-order valence-corrected chi connectivity index (χ4v) is 7.62. The largest absolute Gasteiger partial charge is 0.462 e. The minimum absolute atomic E-state index is 0.150. The Morgan fingerprint density at radius 1 is 0.508 bits per heavy atom. The van der Waals surface area contributed by atoms with E-state index in [0.717, 1.165) is 57.8 Å². The molecule has 4 unspecified atom stereocenters. The molecule has 0 aromatic heterocycles. The third kappa shape index (κ3) is 24.9. The average Bonchev–Trinajstić information content (AvgIpc) is 3.28. The molecule has 2 aliphatic rings. The standard InChI is InChI=1S/C48H86O15/c1-3-5-7-9-11-13-15-17-18-19-21-23-25-27-29-31-40(51)61-36(33-58-39(50)30-28-26-24-22-20-16-14-12-10-8-6-4-2)34-59-47-46(57)44(55)42(53)38(63-47)35-60-48-45(56)43(54)41(52)37(32-49)62-48/h13,15,17-18,36-38,41-49,52-57H,3-12,14,16,19-35H2,1-2H3/b15-13+,18-17+/t36-,37-,38-,41+,42+,43?,44?,45?,46?,47-,48-/m1/s1. The summed E-state index contributed by atoms with van der Waals surface area (Å²) >= 11 is 0. The van der Waals surface area contributed by atoms with Crippen LogP contribution in [-0.2, 0) is 38.0 Å². The van der Waals surface area contributed by atoms with Gasteiger partial charge in [-0.2, -0.15) is 0 Å². The number of esters is 2. The molecule has 7 N–H and O–H groups in total. The molecule has 0 aliphatic carbocycles. The molecule has 2 rings (SSSR count). The highest BCUT2D eigenvalue weighted by Crippen LogP contribution is 2.26. The summed E-state index contributed by atoms with van der Waals surface area (Å²) in [6.07, 6.45) is 17.8. The Hall–Kier alpha value is -2.02. The van der Waals surface area contributed by atoms with Crippen LogP contribution in [0.15, 0.2) is 24.3 Å². The second-order valence-corrected chi connectivity index (χ2v) is 17.3. The number of rotatable bonds is 37. The number of hydrogen-bond donors (Lipinski definition) is 7. The highest BCUT2D eigenvalue weighted by molar-refractivity contribution is 5.70. The van der Waals surface area contributed by atoms with Gasteiger partial charge in [0, 0.05) is 12.8 Å². The molecule has 2 fully saturated rings. The fraction of sp³-hybridized carbons (Fsp3) is 0.875. The van der Waals surface area contributed by atoms with Gasteiger partial charge in [-0.3, -0.25) is 9.59 Å². The zero-order valence-electron chi connectivity index (χ0n) is 38.6. The van der Waals surface area contributed by atoms with Crippen molar-refractivity contribution in [1.82, 2.24) is 0 Å². The summed E-state index contributed by atoms with van der Waals surface area (Å²) in [5.41, 5.74) is 0. The molecule has 2 aliphatic heterocycles. The number of carbonyl (C=O) groups excluding carboxylic acids is 2. The lowest BCUT2D eigenvalue weighted by Gasteiger charge is -2.42. The summed E-state index contributed by atoms with van der Waals surface area (Å²) in [6, 6.07) is 0. The Morgan fingerprint density at radius 2 is 0.937 bits per heavy atom. The highest BCUT2D eigenvalue weighted by atomic mass is 16.7. The fourth-order valence-electron chi connectivity index (χ4n) is 7.62. The van der Waals surface area contributed by atoms with Gasteiger partial charge >= 0.3 is 11.9 Å². The molecule has 0 aromatic rings. The van der Waals surface area contributed by atoms with Crippen LogP contribution in [0.4, 0.5) is 0 Å². The Balaban J connectivity index is 1.84. The molecule has 0 bridgehead atoms. The van der Waals surface area contributed by atoms with Gasteiger partial charge in [-0.25, -0.2) is 0 Å². The first-order valence-electron chi connectivity index (χ1n) is 24.4. The lowest BCUT2D eigenvalue weighted by molar-refractivity contribution is -0.332. The second kappa shape index (κ2) is 36.1. The van der Waals surface area contributed by atoms with Crippen molar-refractivity contribution in [1.29, 1.82) is 0 Å². The Kier molecular flexibility index (Phi) is 32.8. The third-order valence-electron chi connectivity index (χ3n) is 11.7. The van der Waals surface area contributed by atoms with E-state index in [2.05, 4.69) is 38.2 Å². The van der Waals surface area contributed by atoms with Crippen LogP contribution in [0.3, 0.4) is 0 Å². The Bertz CT molecular complexity index is 1200. The van der Waals surface area contributed by atoms with E-state index in [1.807, 2.05) is 0 Å². The first kappa shape index (κ1) is 57.1. The number of unbranched alkanes of at least 4 members (excludes halogenated alkanes) is 20. The van der Waals surface area contributed by atoms with E-state index < -0.39 is 92.7 Å². The van der Waals surface area contributed by atoms with Crippen molar-refractivity contribution in [3.63, 3.8) is 0 Å². The predicted octanol–water partition coefficient (Wildman–Crippen LogP) is 5.99. The summed E-state index contributed by atoms with van der Waals surface area (Å²) < 4.78 is 33.5. The van der Waals surface area contributed by atoms with E-state index in [4.69, 9.17) is 28.4 Å². The molecule has 2 heterocycles. The summed E-state index contributed by atoms with van der Waals surface area (Å²) in [5.74, 6) is -0.939. The summed E-state index contributed by atoms with van der Waals surface area (Å²) in [5, 5.41) is 71.9. The topological polar surface area (TPSA) is 231 Å². The zero-order valence-corrected chi connectivity index (χ0v) is 38.6. The molecule has 0 spiro atoms. The van der Waals surface area contributed by atoms with Crippen LogP contribution in [0.1, 0.15) is 174 Å². The number of allylic oxidation sites excluding steroid dienone is 4. The summed E-state index contributed by atoms with van der Waals surface area (Å²) in [7, 11) is 0. The maximum atomic E-state index is 13.0. The lowest BCUT2D eigenvalue weighted by Crippen LogP contribution is -2.61. The van der Waals surface area contributed by atoms with E-state index in [-0.39, 0.29) is 26.1 Å². The predicted molar refractivity (Wildman–Crippen MR) is 238 cm³/mol. The Labute approximate surface area is 377 Å². The van der Waals surface area contributed by atoms with Gasteiger partial charge in [0.05, 0.1) is 19.8 Å². The smallest absolute Gasteiger partial charge is 0.306 e. The van der Waals surface area contributed by atoms with Gasteiger partial charge in [0.15, 0.2) is 18.7 Å². The molecule has 11 atom stereocenters. The number of hydrogen-bond acceptors (Lipinski definition) is 15. The van der Waals surface area contributed by atoms with E-state index >= 15 is 0 Å². The van der Waals surface area contributed by atoms with E-state index in [0.29, 0.717) is 12.8 Å². The molecule has 368 valence electrons. The molecule has 0 aromatic carbocycles. The van der Waals surface area contributed by atoms with Crippen molar-refractivity contribution in [3.8, 4) is 0 Å². The van der Waals surface area contributed by atoms with Gasteiger partial charge in [-0.05, 0) is 38.5 Å². The number of carbonyl (C=O) groups is 2. The van der Waals surface area contributed by atoms with Gasteiger partial charge in [0.25, 0.3) is 0 Å². The van der Waals surface area contributed by atoms with Crippen molar-refractivity contribution in [2.45, 2.75) is 242 Å². The third-order valence-corrected chi connectivity index (χ3v) is 11.7. The van der Waals surface area contributed by atoms with Gasteiger partial charge in [0.1, 0.15) is 55.4 Å². The van der Waals surface area contributed by atoms with Crippen molar-refractivity contribution in [2.75, 3.05) is 26.4 Å². The molecule has 0 radical (unpaired) electrons. The SMILES string of the molecule is CCCCCC/C=C/C=C/CCCCCCCC(=O)O[C@H](COC(=O)CCCCCCCCCCCCCC)CO[C@@H]1O[C@H](CO[C@@H]2O[C@H](CO)[C@H](O)C(O)C2O)[C@H](O)C(O)C1O. The van der Waals surface area contributed by atoms with E-state index in [9.17, 15) is 45.3 Å². The second-order valence-electron chi connectivity index (χ2n) is 17.3. The van der Waals surface area contributed by atoms with Gasteiger partial charge in [-0.1, -0.05) is 147 Å². The van der Waals surface area contributed by atoms with E-state index in [1.165, 1.54) is 77.0 Å². The molecule has 63 heavy (non-hydrogen) atoms. The number of aliphatic hydroxyl groups excluding tert-OH is 7. The highest BCUT2D eigenvalue weighted by Gasteiger charge is 2.47. The van der Waals surface area contributed by atoms with Gasteiger partial charge in [0.2, 0.25) is 0 Å². The monoisotopic (exact) mass is 903 g/mol. The molecular weight excluding hydrogens is 817 g/mol. The van der Waals surface area contributed by atoms with E-state index in [1.54, 1.807) is 0 Å². The van der Waals surface area contributed by atoms with Crippen molar-refractivity contribution < 1.29 is 73.8 Å². The lowest BCUT2D eigenvalue weighted by atomic mass is 9.98. The van der Waals surface area contributed by atoms with Gasteiger partial charge < -0.3 is 64.2 Å². The van der Waals surface area contributed by atoms with Gasteiger partial charge in [-0.15, -0.1) is 0 Å². The van der Waals surface area contributed by atoms with Crippen LogP contribution in [0, 0.1) is 0 Å². The van der Waals surface area contributed by atoms with Crippen LogP contribution in [-0.4, -0.2) is 142 Å². The zero-order chi connectivity index (χ0) is 46.1. The number of aliphatic hydroxyl groups is 7. The van der Waals surface area contributed by atoms with Crippen LogP contribution in [0.25, 0.3) is 0 Å². The van der Waals surface area contributed by atoms with Crippen LogP contribution < -0.4 is 0 Å². The maximum Gasteiger partial charge on any atom is 0.306 e. The number of ether oxygens (including phenoxy) is 6. The first-order chi connectivity index (χ1) is 30.5. The normalized spacial score (nSPS) is 27.0. The van der Waals surface area contributed by atoms with Crippen molar-refractivity contribution >= 4 is 11.9 Å². The first-order valence-corrected chi connectivity index (χ1v) is 24.4. The van der Waals surface area contributed by atoms with Crippen LogP contribution >= 0.6 is 0 Å². The quantitative estimate of drug-likeness (QED) is 0.0216. The minimum atomic E-state index is -1.76. The van der Waals surface area contributed by atoms with Crippen molar-refractivity contribution in [2.24, 2.45) is 0 Å². The average molecular weight is 903 g/mol. The molecule has 0 saturated carbocycles. The molecule has 2 saturated heterocycles. The maximum absolute atomic E-state index is 13.0. The molecular formula is C48H86O15. The summed E-state index contributed by atoms with van der Waals surface area (Å²) in [4.78, 5) is 25.7. The molecule has 15 nitrogen and oxygen atoms in total.